The maximum Gasteiger partial charge on any atom is 0.242 e. The highest BCUT2D eigenvalue weighted by Crippen LogP contribution is 2.35. The van der Waals surface area contributed by atoms with Crippen LogP contribution in [0.5, 0.6) is 5.75 Å². The largest absolute Gasteiger partial charge is 0.492 e. The lowest BCUT2D eigenvalue weighted by Gasteiger charge is -2.21. The van der Waals surface area contributed by atoms with Gasteiger partial charge in [-0.15, -0.1) is 0 Å². The lowest BCUT2D eigenvalue weighted by Crippen LogP contribution is -2.26. The highest BCUT2D eigenvalue weighted by molar-refractivity contribution is 7.89. The highest BCUT2D eigenvalue weighted by Gasteiger charge is 2.26. The minimum absolute atomic E-state index is 0.135. The topological polar surface area (TPSA) is 108 Å². The number of hydrogen-bond acceptors (Lipinski definition) is 8. The number of halogens is 1. The first-order valence-electron chi connectivity index (χ1n) is 13.0. The zero-order valence-electron chi connectivity index (χ0n) is 21.6. The van der Waals surface area contributed by atoms with Gasteiger partial charge in [-0.25, -0.2) is 18.1 Å². The molecule has 2 aliphatic rings. The molecular formula is C27H33ClN6O3S. The maximum atomic E-state index is 13.0. The predicted octanol–water partition coefficient (Wildman–Crippen LogP) is 5.55. The van der Waals surface area contributed by atoms with E-state index in [-0.39, 0.29) is 15.7 Å². The van der Waals surface area contributed by atoms with Gasteiger partial charge in [0.25, 0.3) is 0 Å². The van der Waals surface area contributed by atoms with Crippen LogP contribution in [0.4, 0.5) is 28.8 Å². The summed E-state index contributed by atoms with van der Waals surface area (Å²) in [6, 6.07) is 12.7. The van der Waals surface area contributed by atoms with E-state index >= 15 is 0 Å². The Kier molecular flexibility index (Phi) is 7.92. The van der Waals surface area contributed by atoms with Crippen LogP contribution < -0.4 is 25.0 Å². The highest BCUT2D eigenvalue weighted by atomic mass is 35.5. The van der Waals surface area contributed by atoms with Crippen LogP contribution in [0, 0.1) is 11.8 Å². The third kappa shape index (κ3) is 6.31. The molecule has 38 heavy (non-hydrogen) atoms. The van der Waals surface area contributed by atoms with Crippen molar-refractivity contribution in [3.05, 3.63) is 53.7 Å². The second-order valence-electron chi connectivity index (χ2n) is 9.88. The van der Waals surface area contributed by atoms with E-state index in [4.69, 9.17) is 16.3 Å². The van der Waals surface area contributed by atoms with Crippen molar-refractivity contribution in [2.24, 2.45) is 11.8 Å². The van der Waals surface area contributed by atoms with Crippen molar-refractivity contribution < 1.29 is 13.2 Å². The molecule has 2 fully saturated rings. The van der Waals surface area contributed by atoms with Gasteiger partial charge in [0.05, 0.1) is 24.2 Å². The molecule has 0 spiro atoms. The van der Waals surface area contributed by atoms with E-state index < -0.39 is 10.0 Å². The number of aromatic nitrogens is 2. The third-order valence-corrected chi connectivity index (χ3v) is 8.49. The van der Waals surface area contributed by atoms with Crippen molar-refractivity contribution in [3.8, 4) is 5.75 Å². The predicted molar refractivity (Wildman–Crippen MR) is 152 cm³/mol. The van der Waals surface area contributed by atoms with Gasteiger partial charge in [0.2, 0.25) is 16.0 Å². The first-order valence-corrected chi connectivity index (χ1v) is 14.9. The number of rotatable bonds is 11. The number of ether oxygens (including phenoxy) is 1. The van der Waals surface area contributed by atoms with Crippen molar-refractivity contribution >= 4 is 50.5 Å². The Morgan fingerprint density at radius 1 is 1.11 bits per heavy atom. The first-order chi connectivity index (χ1) is 18.3. The summed E-state index contributed by atoms with van der Waals surface area (Å²) >= 11 is 6.40. The van der Waals surface area contributed by atoms with E-state index in [2.05, 4.69) is 43.2 Å². The molecular weight excluding hydrogens is 524 g/mol. The standard InChI is InChI=1S/C27H33ClN6O3S/c1-3-37-24-14-20(34-13-12-18(2)17-34)10-11-22(24)32-27-29-16-21(28)26(33-27)31-23-6-4-5-7-25(23)38(35,36)30-15-19-8-9-19/h4-7,10-11,14,16,18-19,30H,3,8-9,12-13,15,17H2,1-2H3,(H2,29,31,32,33)/t18-/m0/s1. The summed E-state index contributed by atoms with van der Waals surface area (Å²) < 4.78 is 34.6. The molecule has 11 heteroatoms. The van der Waals surface area contributed by atoms with Crippen LogP contribution in [0.1, 0.15) is 33.1 Å². The minimum atomic E-state index is -3.70. The van der Waals surface area contributed by atoms with Gasteiger partial charge in [-0.3, -0.25) is 0 Å². The summed E-state index contributed by atoms with van der Waals surface area (Å²) in [6.07, 6.45) is 4.77. The van der Waals surface area contributed by atoms with E-state index in [9.17, 15) is 8.42 Å². The fourth-order valence-corrected chi connectivity index (χ4v) is 5.87. The summed E-state index contributed by atoms with van der Waals surface area (Å²) in [5, 5.41) is 6.57. The smallest absolute Gasteiger partial charge is 0.242 e. The van der Waals surface area contributed by atoms with E-state index in [1.165, 1.54) is 12.6 Å². The van der Waals surface area contributed by atoms with Crippen molar-refractivity contribution in [3.63, 3.8) is 0 Å². The van der Waals surface area contributed by atoms with Crippen LogP contribution >= 0.6 is 11.6 Å². The van der Waals surface area contributed by atoms with E-state index in [1.54, 1.807) is 24.3 Å². The molecule has 0 bridgehead atoms. The van der Waals surface area contributed by atoms with Crippen molar-refractivity contribution in [2.45, 2.75) is 38.0 Å². The van der Waals surface area contributed by atoms with Gasteiger partial charge in [0, 0.05) is 31.4 Å². The number of anilines is 5. The lowest BCUT2D eigenvalue weighted by atomic mass is 10.2. The van der Waals surface area contributed by atoms with Gasteiger partial charge in [0.1, 0.15) is 15.7 Å². The molecule has 5 rings (SSSR count). The fraction of sp³-hybridized carbons (Fsp3) is 0.407. The van der Waals surface area contributed by atoms with Crippen LogP contribution in [0.25, 0.3) is 0 Å². The van der Waals surface area contributed by atoms with Gasteiger partial charge in [-0.05, 0) is 62.3 Å². The Bertz CT molecular complexity index is 1400. The molecule has 2 aromatic carbocycles. The van der Waals surface area contributed by atoms with Gasteiger partial charge in [-0.2, -0.15) is 4.98 Å². The average Bonchev–Trinajstić information content (AvgIpc) is 3.64. The molecule has 2 heterocycles. The molecule has 202 valence electrons. The molecule has 1 aromatic heterocycles. The van der Waals surface area contributed by atoms with Crippen LogP contribution in [-0.4, -0.2) is 44.6 Å². The number of sulfonamides is 1. The molecule has 9 nitrogen and oxygen atoms in total. The van der Waals surface area contributed by atoms with E-state index in [0.717, 1.165) is 37.3 Å². The van der Waals surface area contributed by atoms with Gasteiger partial charge < -0.3 is 20.3 Å². The molecule has 1 saturated heterocycles. The van der Waals surface area contributed by atoms with Crippen LogP contribution in [-0.2, 0) is 10.0 Å². The molecule has 1 atom stereocenters. The van der Waals surface area contributed by atoms with Crippen LogP contribution in [0.3, 0.4) is 0 Å². The number of nitrogens with one attached hydrogen (secondary N) is 3. The molecule has 1 aliphatic heterocycles. The maximum absolute atomic E-state index is 13.0. The Morgan fingerprint density at radius 2 is 1.92 bits per heavy atom. The van der Waals surface area contributed by atoms with Crippen molar-refractivity contribution in [1.29, 1.82) is 0 Å². The van der Waals surface area contributed by atoms with Crippen molar-refractivity contribution in [1.82, 2.24) is 14.7 Å². The minimum Gasteiger partial charge on any atom is -0.492 e. The number of nitrogens with zero attached hydrogens (tertiary/aromatic N) is 3. The van der Waals surface area contributed by atoms with Crippen LogP contribution in [0.15, 0.2) is 53.6 Å². The summed E-state index contributed by atoms with van der Waals surface area (Å²) in [4.78, 5) is 11.4. The molecule has 0 unspecified atom stereocenters. The monoisotopic (exact) mass is 556 g/mol. The Hall–Kier alpha value is -3.08. The Morgan fingerprint density at radius 3 is 2.66 bits per heavy atom. The molecule has 1 aliphatic carbocycles. The Balaban J connectivity index is 1.37. The molecule has 0 amide bonds. The zero-order chi connectivity index (χ0) is 26.7. The summed E-state index contributed by atoms with van der Waals surface area (Å²) in [5.41, 5.74) is 2.22. The lowest BCUT2D eigenvalue weighted by molar-refractivity contribution is 0.342. The van der Waals surface area contributed by atoms with E-state index in [1.807, 2.05) is 19.1 Å². The second-order valence-corrected chi connectivity index (χ2v) is 12.0. The fourth-order valence-electron chi connectivity index (χ4n) is 4.45. The second kappa shape index (κ2) is 11.3. The molecule has 3 aromatic rings. The first kappa shape index (κ1) is 26.5. The van der Waals surface area contributed by atoms with Gasteiger partial charge >= 0.3 is 0 Å². The average molecular weight is 557 g/mol. The Labute approximate surface area is 229 Å². The molecule has 0 radical (unpaired) electrons. The zero-order valence-corrected chi connectivity index (χ0v) is 23.1. The normalized spacial score (nSPS) is 17.4. The quantitative estimate of drug-likeness (QED) is 0.282. The van der Waals surface area contributed by atoms with Gasteiger partial charge in [0.15, 0.2) is 5.82 Å². The van der Waals surface area contributed by atoms with Crippen LogP contribution in [0.2, 0.25) is 5.02 Å². The number of benzene rings is 2. The SMILES string of the molecule is CCOc1cc(N2CC[C@H](C)C2)ccc1Nc1ncc(Cl)c(Nc2ccccc2S(=O)(=O)NCC2CC2)n1. The summed E-state index contributed by atoms with van der Waals surface area (Å²) in [7, 11) is -3.70. The summed E-state index contributed by atoms with van der Waals surface area (Å²) in [5.74, 6) is 2.38. The van der Waals surface area contributed by atoms with Crippen molar-refractivity contribution in [2.75, 3.05) is 41.8 Å². The number of para-hydroxylation sites is 1. The third-order valence-electron chi connectivity index (χ3n) is 6.73. The van der Waals surface area contributed by atoms with E-state index in [0.29, 0.717) is 42.4 Å². The number of hydrogen-bond donors (Lipinski definition) is 3. The summed E-state index contributed by atoms with van der Waals surface area (Å²) in [6.45, 7) is 7.23. The van der Waals surface area contributed by atoms with Gasteiger partial charge in [-0.1, -0.05) is 30.7 Å². The molecule has 3 N–H and O–H groups in total. The molecule has 1 saturated carbocycles.